The number of ether oxygens (including phenoxy) is 1. The summed E-state index contributed by atoms with van der Waals surface area (Å²) in [5.74, 6) is -2.93. The van der Waals surface area contributed by atoms with Gasteiger partial charge in [0.1, 0.15) is 5.82 Å². The van der Waals surface area contributed by atoms with Crippen molar-refractivity contribution in [3.05, 3.63) is 58.4 Å². The van der Waals surface area contributed by atoms with E-state index in [0.29, 0.717) is 0 Å². The summed E-state index contributed by atoms with van der Waals surface area (Å²) in [6.45, 7) is 2.14. The van der Waals surface area contributed by atoms with Gasteiger partial charge in [-0.3, -0.25) is 0 Å². The number of fused-ring (bicyclic) bond motifs is 1. The van der Waals surface area contributed by atoms with Crippen LogP contribution in [-0.2, 0) is 6.42 Å². The normalized spacial score (nSPS) is 13.4. The van der Waals surface area contributed by atoms with Crippen LogP contribution in [-0.4, -0.2) is 7.11 Å². The molecule has 0 amide bonds. The van der Waals surface area contributed by atoms with Crippen molar-refractivity contribution >= 4 is 6.08 Å². The third-order valence-corrected chi connectivity index (χ3v) is 4.71. The largest absolute Gasteiger partial charge is 0.494 e. The zero-order valence-corrected chi connectivity index (χ0v) is 14.5. The molecule has 25 heavy (non-hydrogen) atoms. The lowest BCUT2D eigenvalue weighted by Gasteiger charge is -2.18. The van der Waals surface area contributed by atoms with Gasteiger partial charge in [0.25, 0.3) is 0 Å². The minimum absolute atomic E-state index is 0.0839. The number of unbranched alkanes of at least 4 members (excludes halogenated alkanes) is 1. The zero-order valence-electron chi connectivity index (χ0n) is 14.5. The molecular weight excluding hydrogens is 325 g/mol. The Morgan fingerprint density at radius 3 is 2.52 bits per heavy atom. The van der Waals surface area contributed by atoms with Gasteiger partial charge in [-0.15, -0.1) is 0 Å². The number of halogens is 3. The average molecular weight is 346 g/mol. The van der Waals surface area contributed by atoms with E-state index in [9.17, 15) is 13.2 Å². The molecule has 0 radical (unpaired) electrons. The molecule has 0 aromatic heterocycles. The Bertz CT molecular complexity index is 824. The van der Waals surface area contributed by atoms with E-state index in [-0.39, 0.29) is 16.9 Å². The van der Waals surface area contributed by atoms with Gasteiger partial charge in [0.05, 0.1) is 7.11 Å². The molecule has 4 heteroatoms. The van der Waals surface area contributed by atoms with Crippen LogP contribution in [0.15, 0.2) is 29.8 Å². The highest BCUT2D eigenvalue weighted by atomic mass is 19.2. The maximum absolute atomic E-state index is 14.6. The summed E-state index contributed by atoms with van der Waals surface area (Å²) in [4.78, 5) is 0. The Hall–Kier alpha value is -2.23. The average Bonchev–Trinajstić information content (AvgIpc) is 2.62. The van der Waals surface area contributed by atoms with Gasteiger partial charge < -0.3 is 4.74 Å². The summed E-state index contributed by atoms with van der Waals surface area (Å²) in [5.41, 5.74) is 3.13. The lowest BCUT2D eigenvalue weighted by molar-refractivity contribution is 0.372. The van der Waals surface area contributed by atoms with Gasteiger partial charge in [0, 0.05) is 11.1 Å². The van der Waals surface area contributed by atoms with Crippen molar-refractivity contribution < 1.29 is 17.9 Å². The van der Waals surface area contributed by atoms with Gasteiger partial charge in [-0.05, 0) is 61.1 Å². The second-order valence-corrected chi connectivity index (χ2v) is 6.38. The van der Waals surface area contributed by atoms with Crippen molar-refractivity contribution in [3.8, 4) is 16.9 Å². The number of benzene rings is 2. The molecule has 0 saturated carbocycles. The Morgan fingerprint density at radius 1 is 1.00 bits per heavy atom. The summed E-state index contributed by atoms with van der Waals surface area (Å²) >= 11 is 0. The lowest BCUT2D eigenvalue weighted by atomic mass is 9.87. The van der Waals surface area contributed by atoms with Crippen LogP contribution in [0.3, 0.4) is 0 Å². The predicted octanol–water partition coefficient (Wildman–Crippen LogP) is 6.30. The van der Waals surface area contributed by atoms with Crippen molar-refractivity contribution in [2.45, 2.75) is 39.0 Å². The van der Waals surface area contributed by atoms with Crippen LogP contribution < -0.4 is 4.74 Å². The van der Waals surface area contributed by atoms with E-state index < -0.39 is 17.5 Å². The van der Waals surface area contributed by atoms with Crippen LogP contribution in [0.25, 0.3) is 17.2 Å². The van der Waals surface area contributed by atoms with E-state index in [1.165, 1.54) is 30.9 Å². The summed E-state index contributed by atoms with van der Waals surface area (Å²) in [5, 5.41) is 0. The molecule has 2 aromatic rings. The molecule has 1 aliphatic carbocycles. The molecule has 0 N–H and O–H groups in total. The molecule has 1 aliphatic rings. The molecule has 0 bridgehead atoms. The van der Waals surface area contributed by atoms with Gasteiger partial charge in [-0.25, -0.2) is 8.78 Å². The number of hydrogen-bond donors (Lipinski definition) is 0. The van der Waals surface area contributed by atoms with Crippen molar-refractivity contribution in [2.24, 2.45) is 0 Å². The highest BCUT2D eigenvalue weighted by Crippen LogP contribution is 2.35. The quantitative estimate of drug-likeness (QED) is 0.617. The van der Waals surface area contributed by atoms with Crippen LogP contribution in [0.5, 0.6) is 5.75 Å². The molecule has 0 unspecified atom stereocenters. The molecule has 0 spiro atoms. The summed E-state index contributed by atoms with van der Waals surface area (Å²) in [7, 11) is 1.26. The highest BCUT2D eigenvalue weighted by molar-refractivity contribution is 5.71. The van der Waals surface area contributed by atoms with E-state index in [0.717, 1.165) is 43.2 Å². The van der Waals surface area contributed by atoms with Crippen LogP contribution >= 0.6 is 0 Å². The van der Waals surface area contributed by atoms with Crippen LogP contribution in [0.4, 0.5) is 13.2 Å². The third kappa shape index (κ3) is 3.44. The van der Waals surface area contributed by atoms with E-state index in [1.54, 1.807) is 6.07 Å². The minimum Gasteiger partial charge on any atom is -0.494 e. The van der Waals surface area contributed by atoms with Gasteiger partial charge in [-0.1, -0.05) is 25.0 Å². The Kier molecular flexibility index (Phi) is 5.16. The second kappa shape index (κ2) is 7.34. The van der Waals surface area contributed by atoms with Crippen LogP contribution in [0.1, 0.15) is 43.7 Å². The first kappa shape index (κ1) is 17.6. The van der Waals surface area contributed by atoms with Crippen molar-refractivity contribution in [1.29, 1.82) is 0 Å². The fourth-order valence-corrected chi connectivity index (χ4v) is 3.28. The minimum atomic E-state index is -1.10. The number of rotatable bonds is 5. The van der Waals surface area contributed by atoms with Crippen LogP contribution in [0, 0.1) is 17.5 Å². The Morgan fingerprint density at radius 2 is 1.80 bits per heavy atom. The molecular formula is C21H21F3O. The molecule has 1 nitrogen and oxygen atoms in total. The standard InChI is InChI=1S/C21H21F3O/c1-3-4-5-13-6-7-14-11-17(18(22)12-15(14)10-13)16-8-9-19(25-2)21(24)20(16)23/h8-12H,3-7H2,1-2H3. The predicted molar refractivity (Wildman–Crippen MR) is 94.1 cm³/mol. The second-order valence-electron chi connectivity index (χ2n) is 6.38. The van der Waals surface area contributed by atoms with E-state index >= 15 is 0 Å². The number of aryl methyl sites for hydroxylation is 1. The first-order valence-electron chi connectivity index (χ1n) is 8.59. The molecule has 0 heterocycles. The van der Waals surface area contributed by atoms with Gasteiger partial charge in [0.2, 0.25) is 5.82 Å². The molecule has 0 saturated heterocycles. The topological polar surface area (TPSA) is 9.23 Å². The van der Waals surface area contributed by atoms with Crippen molar-refractivity contribution in [3.63, 3.8) is 0 Å². The van der Waals surface area contributed by atoms with Crippen molar-refractivity contribution in [1.82, 2.24) is 0 Å². The molecule has 0 fully saturated rings. The van der Waals surface area contributed by atoms with Crippen LogP contribution in [0.2, 0.25) is 0 Å². The fourth-order valence-electron chi connectivity index (χ4n) is 3.28. The monoisotopic (exact) mass is 346 g/mol. The summed E-state index contributed by atoms with van der Waals surface area (Å²) in [6.07, 6.45) is 7.03. The SMILES string of the molecule is CCCCC1=Cc2cc(F)c(-c3ccc(OC)c(F)c3F)cc2CC1. The molecule has 3 rings (SSSR count). The Labute approximate surface area is 146 Å². The van der Waals surface area contributed by atoms with E-state index in [2.05, 4.69) is 6.92 Å². The number of allylic oxidation sites excluding steroid dienone is 1. The molecule has 2 aromatic carbocycles. The van der Waals surface area contributed by atoms with Gasteiger partial charge >= 0.3 is 0 Å². The highest BCUT2D eigenvalue weighted by Gasteiger charge is 2.20. The van der Waals surface area contributed by atoms with E-state index in [4.69, 9.17) is 4.74 Å². The van der Waals surface area contributed by atoms with Gasteiger partial charge in [-0.2, -0.15) is 4.39 Å². The Balaban J connectivity index is 2.01. The molecule has 132 valence electrons. The first-order chi connectivity index (χ1) is 12.0. The summed E-state index contributed by atoms with van der Waals surface area (Å²) in [6, 6.07) is 5.74. The fraction of sp³-hybridized carbons (Fsp3) is 0.333. The van der Waals surface area contributed by atoms with Crippen molar-refractivity contribution in [2.75, 3.05) is 7.11 Å². The first-order valence-corrected chi connectivity index (χ1v) is 8.59. The maximum Gasteiger partial charge on any atom is 0.201 e. The number of hydrogen-bond acceptors (Lipinski definition) is 1. The van der Waals surface area contributed by atoms with E-state index in [1.807, 2.05) is 6.08 Å². The lowest BCUT2D eigenvalue weighted by Crippen LogP contribution is -2.03. The number of methoxy groups -OCH3 is 1. The smallest absolute Gasteiger partial charge is 0.201 e. The third-order valence-electron chi connectivity index (χ3n) is 4.71. The molecule has 0 aliphatic heterocycles. The molecule has 0 atom stereocenters. The zero-order chi connectivity index (χ0) is 18.0. The summed E-state index contributed by atoms with van der Waals surface area (Å²) < 4.78 is 47.6. The van der Waals surface area contributed by atoms with Gasteiger partial charge in [0.15, 0.2) is 11.6 Å². The maximum atomic E-state index is 14.6.